The molecule has 0 aliphatic rings. The molecule has 0 aromatic heterocycles. The fourth-order valence-corrected chi connectivity index (χ4v) is 0.477. The van der Waals surface area contributed by atoms with E-state index in [9.17, 15) is 0 Å². The zero-order chi connectivity index (χ0) is 7.11. The van der Waals surface area contributed by atoms with Crippen molar-refractivity contribution in [2.45, 2.75) is 13.3 Å². The van der Waals surface area contributed by atoms with Crippen LogP contribution in [0.3, 0.4) is 0 Å². The van der Waals surface area contributed by atoms with Gasteiger partial charge in [-0.25, -0.2) is 0 Å². The molecule has 0 fully saturated rings. The molecule has 54 valence electrons. The molecule has 1 N–H and O–H groups in total. The topological polar surface area (TPSA) is 21.3 Å². The number of methoxy groups -OCH3 is 1. The Morgan fingerprint density at radius 1 is 1.67 bits per heavy atom. The normalized spacial score (nSPS) is 9.11. The predicted octanol–water partition coefficient (Wildman–Crippen LogP) is 1.15. The quantitative estimate of drug-likeness (QED) is 0.444. The van der Waals surface area contributed by atoms with Crippen LogP contribution in [-0.2, 0) is 4.74 Å². The zero-order valence-electron chi connectivity index (χ0n) is 6.24. The van der Waals surface area contributed by atoms with Gasteiger partial charge in [0.1, 0.15) is 5.76 Å². The summed E-state index contributed by atoms with van der Waals surface area (Å²) in [5.41, 5.74) is 0. The summed E-state index contributed by atoms with van der Waals surface area (Å²) < 4.78 is 4.84. The van der Waals surface area contributed by atoms with Crippen LogP contribution in [0.1, 0.15) is 13.3 Å². The van der Waals surface area contributed by atoms with Crippen LogP contribution >= 0.6 is 0 Å². The summed E-state index contributed by atoms with van der Waals surface area (Å²) in [6.07, 6.45) is 1.15. The third kappa shape index (κ3) is 5.37. The Bertz CT molecular complexity index is 81.0. The van der Waals surface area contributed by atoms with Crippen LogP contribution in [0.2, 0.25) is 0 Å². The maximum atomic E-state index is 4.84. The van der Waals surface area contributed by atoms with Gasteiger partial charge in [0.25, 0.3) is 0 Å². The fourth-order valence-electron chi connectivity index (χ4n) is 0.477. The smallest absolute Gasteiger partial charge is 0.102 e. The molecule has 0 aliphatic carbocycles. The standard InChI is InChI=1S/C7H15NO/c1-4-5-8-6-7(2)9-3/h8H,2,4-6H2,1,3H3. The number of nitrogens with one attached hydrogen (secondary N) is 1. The summed E-state index contributed by atoms with van der Waals surface area (Å²) >= 11 is 0. The van der Waals surface area contributed by atoms with Crippen molar-refractivity contribution in [1.82, 2.24) is 5.32 Å². The van der Waals surface area contributed by atoms with Gasteiger partial charge >= 0.3 is 0 Å². The van der Waals surface area contributed by atoms with Crippen LogP contribution in [-0.4, -0.2) is 20.2 Å². The maximum Gasteiger partial charge on any atom is 0.102 e. The van der Waals surface area contributed by atoms with E-state index in [4.69, 9.17) is 4.74 Å². The molecule has 0 atom stereocenters. The summed E-state index contributed by atoms with van der Waals surface area (Å²) in [5.74, 6) is 0.795. The summed E-state index contributed by atoms with van der Waals surface area (Å²) in [6.45, 7) is 7.59. The molecule has 0 amide bonds. The van der Waals surface area contributed by atoms with E-state index in [1.807, 2.05) is 0 Å². The van der Waals surface area contributed by atoms with Gasteiger partial charge < -0.3 is 10.1 Å². The summed E-state index contributed by atoms with van der Waals surface area (Å²) in [6, 6.07) is 0. The van der Waals surface area contributed by atoms with Crippen molar-refractivity contribution in [3.63, 3.8) is 0 Å². The van der Waals surface area contributed by atoms with Gasteiger partial charge in [-0.15, -0.1) is 0 Å². The molecule has 0 bridgehead atoms. The molecule has 0 rings (SSSR count). The molecule has 0 radical (unpaired) electrons. The number of rotatable bonds is 5. The molecular formula is C7H15NO. The van der Waals surface area contributed by atoms with E-state index in [0.717, 1.165) is 25.3 Å². The van der Waals surface area contributed by atoms with Crippen molar-refractivity contribution in [3.05, 3.63) is 12.3 Å². The zero-order valence-corrected chi connectivity index (χ0v) is 6.24. The van der Waals surface area contributed by atoms with Crippen LogP contribution in [0.4, 0.5) is 0 Å². The average molecular weight is 129 g/mol. The molecule has 0 saturated heterocycles. The number of hydrogen-bond acceptors (Lipinski definition) is 2. The van der Waals surface area contributed by atoms with Gasteiger partial charge in [0.2, 0.25) is 0 Å². The Morgan fingerprint density at radius 2 is 2.33 bits per heavy atom. The van der Waals surface area contributed by atoms with E-state index in [1.54, 1.807) is 7.11 Å². The van der Waals surface area contributed by atoms with Crippen molar-refractivity contribution in [2.75, 3.05) is 20.2 Å². The van der Waals surface area contributed by atoms with Crippen LogP contribution < -0.4 is 5.32 Å². The predicted molar refractivity (Wildman–Crippen MR) is 39.3 cm³/mol. The van der Waals surface area contributed by atoms with Gasteiger partial charge in [0.15, 0.2) is 0 Å². The second kappa shape index (κ2) is 5.63. The Morgan fingerprint density at radius 3 is 2.78 bits per heavy atom. The number of ether oxygens (including phenoxy) is 1. The van der Waals surface area contributed by atoms with Gasteiger partial charge in [-0.2, -0.15) is 0 Å². The van der Waals surface area contributed by atoms with Crippen molar-refractivity contribution in [3.8, 4) is 0 Å². The first-order valence-corrected chi connectivity index (χ1v) is 3.23. The molecule has 0 aliphatic heterocycles. The van der Waals surface area contributed by atoms with Crippen molar-refractivity contribution < 1.29 is 4.74 Å². The summed E-state index contributed by atoms with van der Waals surface area (Å²) in [4.78, 5) is 0. The Balaban J connectivity index is 2.97. The monoisotopic (exact) mass is 129 g/mol. The second-order valence-electron chi connectivity index (χ2n) is 1.92. The lowest BCUT2D eigenvalue weighted by molar-refractivity contribution is 0.281. The minimum absolute atomic E-state index is 0.768. The minimum Gasteiger partial charge on any atom is -0.500 e. The largest absolute Gasteiger partial charge is 0.500 e. The SMILES string of the molecule is C=C(CNCCC)OC. The molecule has 2 heteroatoms. The van der Waals surface area contributed by atoms with E-state index >= 15 is 0 Å². The highest BCUT2D eigenvalue weighted by Crippen LogP contribution is 1.85. The molecule has 0 spiro atoms. The van der Waals surface area contributed by atoms with E-state index in [0.29, 0.717) is 0 Å². The highest BCUT2D eigenvalue weighted by molar-refractivity contribution is 4.83. The van der Waals surface area contributed by atoms with Gasteiger partial charge in [0, 0.05) is 0 Å². The van der Waals surface area contributed by atoms with Crippen molar-refractivity contribution in [2.24, 2.45) is 0 Å². The van der Waals surface area contributed by atoms with Crippen LogP contribution in [0.15, 0.2) is 12.3 Å². The van der Waals surface area contributed by atoms with E-state index in [2.05, 4.69) is 18.8 Å². The second-order valence-corrected chi connectivity index (χ2v) is 1.92. The molecule has 9 heavy (non-hydrogen) atoms. The first kappa shape index (κ1) is 8.50. The lowest BCUT2D eigenvalue weighted by Crippen LogP contribution is -2.17. The lowest BCUT2D eigenvalue weighted by atomic mass is 10.4. The van der Waals surface area contributed by atoms with Crippen molar-refractivity contribution >= 4 is 0 Å². The number of hydrogen-bond donors (Lipinski definition) is 1. The first-order chi connectivity index (χ1) is 4.31. The average Bonchev–Trinajstić information content (AvgIpc) is 1.89. The third-order valence-electron chi connectivity index (χ3n) is 1.04. The molecule has 0 unspecified atom stereocenters. The van der Waals surface area contributed by atoms with E-state index < -0.39 is 0 Å². The lowest BCUT2D eigenvalue weighted by Gasteiger charge is -2.03. The highest BCUT2D eigenvalue weighted by atomic mass is 16.5. The van der Waals surface area contributed by atoms with Gasteiger partial charge in [-0.05, 0) is 13.0 Å². The van der Waals surface area contributed by atoms with Crippen LogP contribution in [0.25, 0.3) is 0 Å². The maximum absolute atomic E-state index is 4.84. The first-order valence-electron chi connectivity index (χ1n) is 3.23. The van der Waals surface area contributed by atoms with Gasteiger partial charge in [-0.1, -0.05) is 13.5 Å². The fraction of sp³-hybridized carbons (Fsp3) is 0.714. The Labute approximate surface area is 56.9 Å². The van der Waals surface area contributed by atoms with E-state index in [-0.39, 0.29) is 0 Å². The molecule has 0 heterocycles. The molecule has 2 nitrogen and oxygen atoms in total. The van der Waals surface area contributed by atoms with Gasteiger partial charge in [0.05, 0.1) is 13.7 Å². The van der Waals surface area contributed by atoms with Gasteiger partial charge in [-0.3, -0.25) is 0 Å². The minimum atomic E-state index is 0.768. The molecule has 0 aromatic rings. The van der Waals surface area contributed by atoms with Crippen LogP contribution in [0.5, 0.6) is 0 Å². The van der Waals surface area contributed by atoms with Crippen molar-refractivity contribution in [1.29, 1.82) is 0 Å². The third-order valence-corrected chi connectivity index (χ3v) is 1.04. The molecule has 0 aromatic carbocycles. The summed E-state index contributed by atoms with van der Waals surface area (Å²) in [7, 11) is 1.63. The Kier molecular flexibility index (Phi) is 5.32. The molecular weight excluding hydrogens is 114 g/mol. The summed E-state index contributed by atoms with van der Waals surface area (Å²) in [5, 5.41) is 3.16. The highest BCUT2D eigenvalue weighted by Gasteiger charge is 1.87. The van der Waals surface area contributed by atoms with E-state index in [1.165, 1.54) is 0 Å². The molecule has 0 saturated carbocycles. The Hall–Kier alpha value is -0.500. The van der Waals surface area contributed by atoms with Crippen LogP contribution in [0, 0.1) is 0 Å².